The van der Waals surface area contributed by atoms with Crippen molar-refractivity contribution >= 4 is 34.9 Å². The highest BCUT2D eigenvalue weighted by Gasteiger charge is 2.04. The van der Waals surface area contributed by atoms with Gasteiger partial charge in [-0.3, -0.25) is 0 Å². The molecule has 0 saturated carbocycles. The SMILES string of the molecule is Cc1nsc(SCC(C)CCl)n1. The van der Waals surface area contributed by atoms with Gasteiger partial charge >= 0.3 is 0 Å². The highest BCUT2D eigenvalue weighted by Crippen LogP contribution is 2.22. The van der Waals surface area contributed by atoms with Crippen LogP contribution in [0.3, 0.4) is 0 Å². The summed E-state index contributed by atoms with van der Waals surface area (Å²) in [6.07, 6.45) is 0. The lowest BCUT2D eigenvalue weighted by atomic mass is 10.3. The van der Waals surface area contributed by atoms with E-state index in [0.717, 1.165) is 15.9 Å². The Morgan fingerprint density at radius 1 is 1.67 bits per heavy atom. The van der Waals surface area contributed by atoms with Crippen molar-refractivity contribution in [3.63, 3.8) is 0 Å². The second-order valence-corrected chi connectivity index (χ2v) is 5.01. The Bertz CT molecular complexity index is 239. The zero-order chi connectivity index (χ0) is 8.97. The van der Waals surface area contributed by atoms with Crippen molar-refractivity contribution in [2.24, 2.45) is 5.92 Å². The van der Waals surface area contributed by atoms with Crippen LogP contribution in [-0.2, 0) is 0 Å². The molecule has 0 aliphatic carbocycles. The molecule has 0 aliphatic rings. The Hall–Kier alpha value is 0.200. The van der Waals surface area contributed by atoms with Crippen LogP contribution in [0.25, 0.3) is 0 Å². The third-order valence-corrected chi connectivity index (χ3v) is 4.04. The zero-order valence-electron chi connectivity index (χ0n) is 7.08. The smallest absolute Gasteiger partial charge is 0.170 e. The first-order valence-electron chi connectivity index (χ1n) is 3.71. The predicted molar refractivity (Wildman–Crippen MR) is 55.3 cm³/mol. The first-order valence-corrected chi connectivity index (χ1v) is 6.00. The molecule has 68 valence electrons. The molecule has 0 bridgehead atoms. The zero-order valence-corrected chi connectivity index (χ0v) is 9.47. The number of hydrogen-bond donors (Lipinski definition) is 0. The molecule has 0 aliphatic heterocycles. The first-order chi connectivity index (χ1) is 5.72. The summed E-state index contributed by atoms with van der Waals surface area (Å²) in [7, 11) is 0. The largest absolute Gasteiger partial charge is 0.213 e. The normalized spacial score (nSPS) is 13.2. The molecule has 1 atom stereocenters. The average Bonchev–Trinajstić information content (AvgIpc) is 2.47. The molecule has 0 radical (unpaired) electrons. The summed E-state index contributed by atoms with van der Waals surface area (Å²) in [6.45, 7) is 4.04. The fourth-order valence-corrected chi connectivity index (χ4v) is 2.53. The molecule has 1 rings (SSSR count). The topological polar surface area (TPSA) is 25.8 Å². The fourth-order valence-electron chi connectivity index (χ4n) is 0.595. The lowest BCUT2D eigenvalue weighted by molar-refractivity contribution is 0.758. The van der Waals surface area contributed by atoms with Gasteiger partial charge in [0.25, 0.3) is 0 Å². The van der Waals surface area contributed by atoms with Crippen LogP contribution in [-0.4, -0.2) is 21.0 Å². The van der Waals surface area contributed by atoms with Gasteiger partial charge in [-0.2, -0.15) is 4.37 Å². The average molecular weight is 223 g/mol. The maximum absolute atomic E-state index is 5.68. The number of halogens is 1. The van der Waals surface area contributed by atoms with Gasteiger partial charge in [0.1, 0.15) is 5.82 Å². The van der Waals surface area contributed by atoms with Crippen LogP contribution in [0.1, 0.15) is 12.7 Å². The lowest BCUT2D eigenvalue weighted by Gasteiger charge is -2.02. The van der Waals surface area contributed by atoms with E-state index in [1.54, 1.807) is 11.8 Å². The lowest BCUT2D eigenvalue weighted by Crippen LogP contribution is -1.98. The standard InChI is InChI=1S/C7H11ClN2S2/c1-5(3-8)4-11-7-9-6(2)10-12-7/h5H,3-4H2,1-2H3. The van der Waals surface area contributed by atoms with Crippen LogP contribution in [0.4, 0.5) is 0 Å². The molecule has 1 aromatic rings. The van der Waals surface area contributed by atoms with Crippen molar-refractivity contribution in [2.45, 2.75) is 18.2 Å². The summed E-state index contributed by atoms with van der Waals surface area (Å²) in [5, 5.41) is 0. The monoisotopic (exact) mass is 222 g/mol. The van der Waals surface area contributed by atoms with Crippen molar-refractivity contribution in [1.82, 2.24) is 9.36 Å². The highest BCUT2D eigenvalue weighted by atomic mass is 35.5. The van der Waals surface area contributed by atoms with Crippen LogP contribution in [0, 0.1) is 12.8 Å². The van der Waals surface area contributed by atoms with E-state index in [1.807, 2.05) is 6.92 Å². The number of aryl methyl sites for hydroxylation is 1. The van der Waals surface area contributed by atoms with E-state index in [1.165, 1.54) is 11.5 Å². The molecule has 0 N–H and O–H groups in total. The number of rotatable bonds is 4. The Morgan fingerprint density at radius 2 is 2.42 bits per heavy atom. The number of nitrogens with zero attached hydrogens (tertiary/aromatic N) is 2. The number of alkyl halides is 1. The van der Waals surface area contributed by atoms with Gasteiger partial charge in [0.2, 0.25) is 0 Å². The molecule has 1 unspecified atom stereocenters. The van der Waals surface area contributed by atoms with E-state index in [2.05, 4.69) is 16.3 Å². The van der Waals surface area contributed by atoms with Crippen molar-refractivity contribution in [3.05, 3.63) is 5.82 Å². The Kier molecular flexibility index (Phi) is 4.32. The van der Waals surface area contributed by atoms with E-state index >= 15 is 0 Å². The van der Waals surface area contributed by atoms with Crippen molar-refractivity contribution < 1.29 is 0 Å². The third-order valence-electron chi connectivity index (χ3n) is 1.26. The summed E-state index contributed by atoms with van der Waals surface area (Å²) >= 11 is 8.87. The molecule has 0 amide bonds. The third kappa shape index (κ3) is 3.29. The van der Waals surface area contributed by atoms with Crippen LogP contribution < -0.4 is 0 Å². The van der Waals surface area contributed by atoms with E-state index in [0.29, 0.717) is 11.8 Å². The molecule has 0 fully saturated rings. The number of hydrogen-bond acceptors (Lipinski definition) is 4. The molecule has 0 saturated heterocycles. The summed E-state index contributed by atoms with van der Waals surface area (Å²) in [6, 6.07) is 0. The van der Waals surface area contributed by atoms with Crippen molar-refractivity contribution in [2.75, 3.05) is 11.6 Å². The Labute approximate surface area is 85.9 Å². The predicted octanol–water partition coefficient (Wildman–Crippen LogP) is 2.81. The molecule has 5 heteroatoms. The minimum absolute atomic E-state index is 0.542. The molecule has 1 aromatic heterocycles. The van der Waals surface area contributed by atoms with Crippen molar-refractivity contribution in [1.29, 1.82) is 0 Å². The van der Waals surface area contributed by atoms with Crippen LogP contribution >= 0.6 is 34.9 Å². The quantitative estimate of drug-likeness (QED) is 0.579. The van der Waals surface area contributed by atoms with E-state index in [4.69, 9.17) is 11.6 Å². The molecule has 2 nitrogen and oxygen atoms in total. The first kappa shape index (κ1) is 10.3. The molecule has 0 aromatic carbocycles. The van der Waals surface area contributed by atoms with Gasteiger partial charge in [-0.15, -0.1) is 11.6 Å². The Morgan fingerprint density at radius 3 is 2.92 bits per heavy atom. The summed E-state index contributed by atoms with van der Waals surface area (Å²) in [5.74, 6) is 3.14. The van der Waals surface area contributed by atoms with Gasteiger partial charge in [-0.25, -0.2) is 4.98 Å². The summed E-state index contributed by atoms with van der Waals surface area (Å²) in [5.41, 5.74) is 0. The summed E-state index contributed by atoms with van der Waals surface area (Å²) < 4.78 is 5.14. The number of thioether (sulfide) groups is 1. The van der Waals surface area contributed by atoms with Crippen molar-refractivity contribution in [3.8, 4) is 0 Å². The van der Waals surface area contributed by atoms with Gasteiger partial charge in [0, 0.05) is 11.6 Å². The maximum Gasteiger partial charge on any atom is 0.170 e. The maximum atomic E-state index is 5.68. The second-order valence-electron chi connectivity index (χ2n) is 2.68. The van der Waals surface area contributed by atoms with Crippen LogP contribution in [0.5, 0.6) is 0 Å². The van der Waals surface area contributed by atoms with Gasteiger partial charge in [-0.1, -0.05) is 18.7 Å². The summed E-state index contributed by atoms with van der Waals surface area (Å²) in [4.78, 5) is 4.24. The van der Waals surface area contributed by atoms with Gasteiger partial charge < -0.3 is 0 Å². The number of aromatic nitrogens is 2. The second kappa shape index (κ2) is 5.04. The van der Waals surface area contributed by atoms with E-state index < -0.39 is 0 Å². The van der Waals surface area contributed by atoms with Crippen LogP contribution in [0.15, 0.2) is 4.34 Å². The molecule has 0 spiro atoms. The molecular weight excluding hydrogens is 212 g/mol. The van der Waals surface area contributed by atoms with Gasteiger partial charge in [-0.05, 0) is 24.4 Å². The minimum atomic E-state index is 0.542. The van der Waals surface area contributed by atoms with Crippen LogP contribution in [0.2, 0.25) is 0 Å². The van der Waals surface area contributed by atoms with Gasteiger partial charge in [0.05, 0.1) is 0 Å². The minimum Gasteiger partial charge on any atom is -0.213 e. The molecule has 1 heterocycles. The highest BCUT2D eigenvalue weighted by molar-refractivity contribution is 8.00. The molecule has 12 heavy (non-hydrogen) atoms. The van der Waals surface area contributed by atoms with E-state index in [9.17, 15) is 0 Å². The van der Waals surface area contributed by atoms with Gasteiger partial charge in [0.15, 0.2) is 4.34 Å². The Balaban J connectivity index is 2.33. The fraction of sp³-hybridized carbons (Fsp3) is 0.714. The van der Waals surface area contributed by atoms with E-state index in [-0.39, 0.29) is 0 Å². The molecular formula is C7H11ClN2S2.